The van der Waals surface area contributed by atoms with E-state index in [9.17, 15) is 24.3 Å². The van der Waals surface area contributed by atoms with Crippen LogP contribution in [0.3, 0.4) is 0 Å². The van der Waals surface area contributed by atoms with Crippen LogP contribution in [0.25, 0.3) is 0 Å². The number of esters is 4. The van der Waals surface area contributed by atoms with E-state index in [1.165, 1.54) is 13.8 Å². The van der Waals surface area contributed by atoms with E-state index in [0.29, 0.717) is 5.56 Å². The van der Waals surface area contributed by atoms with Crippen molar-refractivity contribution >= 4 is 23.9 Å². The Morgan fingerprint density at radius 1 is 0.902 bits per heavy atom. The number of cyclic esters (lactones) is 2. The molecule has 11 heteroatoms. The molecule has 0 amide bonds. The molecule has 6 atom stereocenters. The lowest BCUT2D eigenvalue weighted by Crippen LogP contribution is -2.29. The van der Waals surface area contributed by atoms with Crippen LogP contribution < -0.4 is 0 Å². The molecule has 41 heavy (non-hydrogen) atoms. The van der Waals surface area contributed by atoms with Crippen molar-refractivity contribution in [1.82, 2.24) is 0 Å². The van der Waals surface area contributed by atoms with Gasteiger partial charge in [-0.15, -0.1) is 0 Å². The zero-order valence-electron chi connectivity index (χ0n) is 23.9. The minimum atomic E-state index is -1.23. The van der Waals surface area contributed by atoms with Gasteiger partial charge >= 0.3 is 23.9 Å². The van der Waals surface area contributed by atoms with E-state index in [0.717, 1.165) is 5.56 Å². The largest absolute Gasteiger partial charge is 0.464 e. The average Bonchev–Trinajstić information content (AvgIpc) is 3.01. The van der Waals surface area contributed by atoms with Crippen molar-refractivity contribution in [2.24, 2.45) is 0 Å². The van der Waals surface area contributed by atoms with E-state index in [-0.39, 0.29) is 19.8 Å². The third kappa shape index (κ3) is 11.3. The Morgan fingerprint density at radius 2 is 1.49 bits per heavy atom. The van der Waals surface area contributed by atoms with Crippen LogP contribution in [0.15, 0.2) is 60.7 Å². The monoisotopic (exact) mass is 574 g/mol. The van der Waals surface area contributed by atoms with Crippen molar-refractivity contribution < 1.29 is 52.7 Å². The second kappa shape index (κ2) is 17.1. The van der Waals surface area contributed by atoms with Crippen LogP contribution in [-0.2, 0) is 47.6 Å². The number of carbonyl (C=O) groups is 4. The fourth-order valence-electron chi connectivity index (χ4n) is 3.38. The Labute approximate surface area is 239 Å². The van der Waals surface area contributed by atoms with Crippen molar-refractivity contribution in [1.29, 1.82) is 0 Å². The highest BCUT2D eigenvalue weighted by molar-refractivity contribution is 5.81. The summed E-state index contributed by atoms with van der Waals surface area (Å²) < 4.78 is 31.1. The topological polar surface area (TPSA) is 144 Å². The number of benzene rings is 2. The molecule has 1 aliphatic heterocycles. The lowest BCUT2D eigenvalue weighted by Gasteiger charge is -2.21. The van der Waals surface area contributed by atoms with Crippen LogP contribution >= 0.6 is 0 Å². The van der Waals surface area contributed by atoms with E-state index in [1.54, 1.807) is 45.0 Å². The third-order valence-electron chi connectivity index (χ3n) is 5.77. The predicted molar refractivity (Wildman–Crippen MR) is 145 cm³/mol. The molecule has 0 radical (unpaired) electrons. The van der Waals surface area contributed by atoms with Gasteiger partial charge in [-0.25, -0.2) is 19.2 Å². The molecule has 1 heterocycles. The van der Waals surface area contributed by atoms with Gasteiger partial charge in [0.05, 0.1) is 19.8 Å². The second-order valence-corrected chi connectivity index (χ2v) is 9.13. The Balaban J connectivity index is 0.000000289. The van der Waals surface area contributed by atoms with Crippen molar-refractivity contribution in [3.63, 3.8) is 0 Å². The van der Waals surface area contributed by atoms with Crippen molar-refractivity contribution in [2.45, 2.75) is 71.2 Å². The van der Waals surface area contributed by atoms with Crippen molar-refractivity contribution in [3.8, 4) is 0 Å². The van der Waals surface area contributed by atoms with Gasteiger partial charge in [0.15, 0.2) is 30.5 Å². The maximum Gasteiger partial charge on any atom is 0.347 e. The highest BCUT2D eigenvalue weighted by Gasteiger charge is 2.30. The molecule has 1 fully saturated rings. The van der Waals surface area contributed by atoms with Gasteiger partial charge in [-0.05, 0) is 45.7 Å². The summed E-state index contributed by atoms with van der Waals surface area (Å²) in [6, 6.07) is 18.2. The fourth-order valence-corrected chi connectivity index (χ4v) is 3.38. The quantitative estimate of drug-likeness (QED) is 0.348. The Morgan fingerprint density at radius 3 is 2.07 bits per heavy atom. The minimum absolute atomic E-state index is 0.0115. The Bertz CT molecular complexity index is 1100. The van der Waals surface area contributed by atoms with Gasteiger partial charge in [0.2, 0.25) is 0 Å². The number of aliphatic hydroxyl groups excluding tert-OH is 1. The molecule has 6 unspecified atom stereocenters. The van der Waals surface area contributed by atoms with Gasteiger partial charge in [0.1, 0.15) is 6.10 Å². The molecular formula is C30H38O11. The van der Waals surface area contributed by atoms with Crippen molar-refractivity contribution in [2.75, 3.05) is 19.8 Å². The first-order chi connectivity index (χ1) is 19.5. The summed E-state index contributed by atoms with van der Waals surface area (Å²) in [5.74, 6) is -2.35. The summed E-state index contributed by atoms with van der Waals surface area (Å²) >= 11 is 0. The maximum atomic E-state index is 11.8. The summed E-state index contributed by atoms with van der Waals surface area (Å²) in [6.45, 7) is 8.06. The molecule has 0 spiro atoms. The average molecular weight is 575 g/mol. The van der Waals surface area contributed by atoms with Crippen LogP contribution in [-0.4, -0.2) is 73.2 Å². The predicted octanol–water partition coefficient (Wildman–Crippen LogP) is 3.24. The number of carbonyl (C=O) groups excluding carboxylic acids is 4. The molecule has 1 aliphatic rings. The van der Waals surface area contributed by atoms with Crippen LogP contribution in [0, 0.1) is 0 Å². The van der Waals surface area contributed by atoms with E-state index in [2.05, 4.69) is 0 Å². The highest BCUT2D eigenvalue weighted by Crippen LogP contribution is 2.22. The van der Waals surface area contributed by atoms with Crippen LogP contribution in [0.5, 0.6) is 0 Å². The molecule has 1 N–H and O–H groups in total. The van der Waals surface area contributed by atoms with Crippen LogP contribution in [0.4, 0.5) is 0 Å². The van der Waals surface area contributed by atoms with Crippen LogP contribution in [0.2, 0.25) is 0 Å². The SMILES string of the molecule is CC1OCC(c2ccccc2)OC(=O)C(C)OC1=O.CCOC(=O)C(C)OCC(OC(=O)C(C)O)c1ccccc1. The number of hydrogen-bond acceptors (Lipinski definition) is 11. The lowest BCUT2D eigenvalue weighted by atomic mass is 10.1. The molecule has 2 aromatic carbocycles. The molecule has 0 saturated carbocycles. The first kappa shape index (κ1) is 33.4. The number of hydrogen-bond donors (Lipinski definition) is 1. The third-order valence-corrected chi connectivity index (χ3v) is 5.77. The first-order valence-electron chi connectivity index (χ1n) is 13.3. The Hall–Kier alpha value is -3.80. The summed E-state index contributed by atoms with van der Waals surface area (Å²) in [5, 5.41) is 9.26. The van der Waals surface area contributed by atoms with Crippen molar-refractivity contribution in [3.05, 3.63) is 71.8 Å². The van der Waals surface area contributed by atoms with Gasteiger partial charge in [0, 0.05) is 0 Å². The highest BCUT2D eigenvalue weighted by atomic mass is 16.6. The molecule has 224 valence electrons. The zero-order valence-corrected chi connectivity index (χ0v) is 23.9. The van der Waals surface area contributed by atoms with E-state index in [4.69, 9.17) is 28.4 Å². The number of rotatable bonds is 9. The van der Waals surface area contributed by atoms with E-state index in [1.807, 2.05) is 36.4 Å². The second-order valence-electron chi connectivity index (χ2n) is 9.13. The fraction of sp³-hybridized carbons (Fsp3) is 0.467. The standard InChI is InChI=1S/C16H22O6.C14H16O5/c1-4-20-16(19)12(3)21-10-14(22-15(18)11(2)17)13-8-6-5-7-9-13;1-9-13(15)18-10(2)14(16)19-12(8-17-9)11-6-4-3-5-7-11/h5-9,11-12,14,17H,4,10H2,1-3H3;3-7,9-10,12H,8H2,1-2H3. The van der Waals surface area contributed by atoms with E-state index < -0.39 is 60.5 Å². The molecule has 0 bridgehead atoms. The summed E-state index contributed by atoms with van der Waals surface area (Å²) in [7, 11) is 0. The van der Waals surface area contributed by atoms with Gasteiger partial charge in [-0.3, -0.25) is 0 Å². The molecule has 1 saturated heterocycles. The van der Waals surface area contributed by atoms with Gasteiger partial charge < -0.3 is 33.5 Å². The smallest absolute Gasteiger partial charge is 0.347 e. The molecule has 3 rings (SSSR count). The normalized spacial score (nSPS) is 21.2. The zero-order chi connectivity index (χ0) is 30.4. The van der Waals surface area contributed by atoms with Gasteiger partial charge in [0.25, 0.3) is 0 Å². The molecule has 0 aromatic heterocycles. The lowest BCUT2D eigenvalue weighted by molar-refractivity contribution is -0.169. The molecule has 2 aromatic rings. The first-order valence-corrected chi connectivity index (χ1v) is 13.3. The molecule has 11 nitrogen and oxygen atoms in total. The maximum absolute atomic E-state index is 11.8. The van der Waals surface area contributed by atoms with Gasteiger partial charge in [-0.1, -0.05) is 60.7 Å². The van der Waals surface area contributed by atoms with Crippen LogP contribution in [0.1, 0.15) is 58.0 Å². The number of aliphatic hydroxyl groups is 1. The summed E-state index contributed by atoms with van der Waals surface area (Å²) in [5.41, 5.74) is 1.54. The number of ether oxygens (including phenoxy) is 6. The summed E-state index contributed by atoms with van der Waals surface area (Å²) in [4.78, 5) is 46.5. The van der Waals surface area contributed by atoms with Gasteiger partial charge in [-0.2, -0.15) is 0 Å². The minimum Gasteiger partial charge on any atom is -0.464 e. The van der Waals surface area contributed by atoms with E-state index >= 15 is 0 Å². The Kier molecular flexibility index (Phi) is 13.9. The molecule has 0 aliphatic carbocycles. The molecular weight excluding hydrogens is 536 g/mol. The summed E-state index contributed by atoms with van der Waals surface area (Å²) in [6.07, 6.45) is -4.88.